The molecule has 1 aromatic heterocycles. The smallest absolute Gasteiger partial charge is 0.308 e. The van der Waals surface area contributed by atoms with Gasteiger partial charge in [-0.2, -0.15) is 13.2 Å². The first-order valence-corrected chi connectivity index (χ1v) is 5.83. The summed E-state index contributed by atoms with van der Waals surface area (Å²) in [5.74, 6) is 5.63. The zero-order valence-electron chi connectivity index (χ0n) is 10.9. The van der Waals surface area contributed by atoms with E-state index >= 15 is 0 Å². The van der Waals surface area contributed by atoms with E-state index in [1.165, 1.54) is 18.2 Å². The van der Waals surface area contributed by atoms with Gasteiger partial charge in [-0.1, -0.05) is 18.2 Å². The average molecular weight is 282 g/mol. The molecule has 3 N–H and O–H groups in total. The van der Waals surface area contributed by atoms with Gasteiger partial charge in [0.15, 0.2) is 5.82 Å². The van der Waals surface area contributed by atoms with E-state index in [9.17, 15) is 13.2 Å². The lowest BCUT2D eigenvalue weighted by molar-refractivity contribution is -0.137. The van der Waals surface area contributed by atoms with Crippen LogP contribution in [0.4, 0.5) is 19.0 Å². The molecule has 0 aliphatic heterocycles. The van der Waals surface area contributed by atoms with E-state index in [1.54, 1.807) is 13.8 Å². The number of aryl methyl sites for hydroxylation is 1. The third kappa shape index (κ3) is 2.57. The second-order valence-corrected chi connectivity index (χ2v) is 4.29. The first-order valence-electron chi connectivity index (χ1n) is 5.83. The molecule has 0 atom stereocenters. The fourth-order valence-corrected chi connectivity index (χ4v) is 1.82. The van der Waals surface area contributed by atoms with Crippen LogP contribution in [-0.2, 0) is 6.18 Å². The van der Waals surface area contributed by atoms with Crippen LogP contribution >= 0.6 is 0 Å². The summed E-state index contributed by atoms with van der Waals surface area (Å²) >= 11 is 0. The van der Waals surface area contributed by atoms with Gasteiger partial charge in [0.05, 0.1) is 5.56 Å². The van der Waals surface area contributed by atoms with Gasteiger partial charge in [0, 0.05) is 16.8 Å². The van der Waals surface area contributed by atoms with Gasteiger partial charge >= 0.3 is 6.18 Å². The van der Waals surface area contributed by atoms with Crippen LogP contribution in [0.15, 0.2) is 24.3 Å². The highest BCUT2D eigenvalue weighted by atomic mass is 19.4. The van der Waals surface area contributed by atoms with Crippen molar-refractivity contribution < 1.29 is 13.2 Å². The van der Waals surface area contributed by atoms with Crippen LogP contribution in [0.1, 0.15) is 16.8 Å². The number of nitrogens with one attached hydrogen (secondary N) is 1. The molecule has 0 radical (unpaired) electrons. The van der Waals surface area contributed by atoms with Crippen molar-refractivity contribution in [2.75, 3.05) is 5.43 Å². The minimum Gasteiger partial charge on any atom is -0.308 e. The van der Waals surface area contributed by atoms with Crippen LogP contribution in [0.3, 0.4) is 0 Å². The Labute approximate surface area is 113 Å². The van der Waals surface area contributed by atoms with Crippen LogP contribution < -0.4 is 11.3 Å². The molecule has 20 heavy (non-hydrogen) atoms. The van der Waals surface area contributed by atoms with Crippen LogP contribution in [0.25, 0.3) is 11.4 Å². The first-order chi connectivity index (χ1) is 9.34. The molecule has 0 aliphatic rings. The number of benzene rings is 1. The van der Waals surface area contributed by atoms with E-state index in [0.717, 1.165) is 6.07 Å². The lowest BCUT2D eigenvalue weighted by atomic mass is 10.1. The summed E-state index contributed by atoms with van der Waals surface area (Å²) in [5, 5.41) is 0. The zero-order valence-corrected chi connectivity index (χ0v) is 10.9. The Balaban J connectivity index is 2.67. The van der Waals surface area contributed by atoms with Crippen molar-refractivity contribution in [2.24, 2.45) is 5.84 Å². The fraction of sp³-hybridized carbons (Fsp3) is 0.231. The summed E-state index contributed by atoms with van der Waals surface area (Å²) in [6.07, 6.45) is -4.46. The third-order valence-corrected chi connectivity index (χ3v) is 3.00. The Kier molecular flexibility index (Phi) is 3.63. The number of alkyl halides is 3. The zero-order chi connectivity index (χ0) is 14.9. The number of nitrogen functional groups attached to an aromatic ring is 1. The Morgan fingerprint density at radius 3 is 2.35 bits per heavy atom. The first kappa shape index (κ1) is 14.3. The van der Waals surface area contributed by atoms with Gasteiger partial charge in [0.1, 0.15) is 5.82 Å². The maximum Gasteiger partial charge on any atom is 0.417 e. The van der Waals surface area contributed by atoms with Crippen LogP contribution in [0.5, 0.6) is 0 Å². The molecule has 7 heteroatoms. The number of nitrogens with two attached hydrogens (primary N) is 1. The number of rotatable bonds is 2. The minimum absolute atomic E-state index is 0.00558. The number of hydrogen-bond acceptors (Lipinski definition) is 4. The average Bonchev–Trinajstić information content (AvgIpc) is 2.40. The summed E-state index contributed by atoms with van der Waals surface area (Å²) in [7, 11) is 0. The van der Waals surface area contributed by atoms with E-state index in [2.05, 4.69) is 15.4 Å². The molecular weight excluding hydrogens is 269 g/mol. The summed E-state index contributed by atoms with van der Waals surface area (Å²) in [6.45, 7) is 3.43. The molecule has 2 rings (SSSR count). The Morgan fingerprint density at radius 1 is 1.10 bits per heavy atom. The van der Waals surface area contributed by atoms with Gasteiger partial charge in [-0.3, -0.25) is 0 Å². The quantitative estimate of drug-likeness (QED) is 0.656. The van der Waals surface area contributed by atoms with Gasteiger partial charge in [-0.25, -0.2) is 15.8 Å². The summed E-state index contributed by atoms with van der Waals surface area (Å²) < 4.78 is 39.0. The maximum absolute atomic E-state index is 13.0. The van der Waals surface area contributed by atoms with Gasteiger partial charge < -0.3 is 5.43 Å². The molecule has 0 fully saturated rings. The minimum atomic E-state index is -4.46. The molecule has 1 aromatic carbocycles. The van der Waals surface area contributed by atoms with Gasteiger partial charge in [-0.15, -0.1) is 0 Å². The second kappa shape index (κ2) is 5.09. The van der Waals surface area contributed by atoms with Crippen molar-refractivity contribution in [1.29, 1.82) is 0 Å². The summed E-state index contributed by atoms with van der Waals surface area (Å²) in [6, 6.07) is 5.19. The summed E-state index contributed by atoms with van der Waals surface area (Å²) in [4.78, 5) is 8.17. The Hall–Kier alpha value is -2.15. The molecule has 2 aromatic rings. The predicted molar refractivity (Wildman–Crippen MR) is 69.8 cm³/mol. The van der Waals surface area contributed by atoms with Crippen molar-refractivity contribution in [3.05, 3.63) is 41.1 Å². The fourth-order valence-electron chi connectivity index (χ4n) is 1.82. The number of hydrogen-bond donors (Lipinski definition) is 2. The van der Waals surface area contributed by atoms with Crippen molar-refractivity contribution in [3.8, 4) is 11.4 Å². The normalized spacial score (nSPS) is 11.5. The molecule has 0 bridgehead atoms. The van der Waals surface area contributed by atoms with Gasteiger partial charge in [-0.05, 0) is 19.9 Å². The lowest BCUT2D eigenvalue weighted by Crippen LogP contribution is -2.13. The molecule has 0 unspecified atom stereocenters. The van der Waals surface area contributed by atoms with E-state index < -0.39 is 11.7 Å². The highest BCUT2D eigenvalue weighted by Gasteiger charge is 2.34. The SMILES string of the molecule is Cc1nc(-c2ccccc2C(F)(F)F)nc(NN)c1C. The molecule has 0 saturated heterocycles. The van der Waals surface area contributed by atoms with Gasteiger partial charge in [0.2, 0.25) is 0 Å². The van der Waals surface area contributed by atoms with Crippen LogP contribution in [0, 0.1) is 13.8 Å². The highest BCUT2D eigenvalue weighted by Crippen LogP contribution is 2.36. The molecule has 106 valence electrons. The van der Waals surface area contributed by atoms with Crippen LogP contribution in [-0.4, -0.2) is 9.97 Å². The Morgan fingerprint density at radius 2 is 1.75 bits per heavy atom. The second-order valence-electron chi connectivity index (χ2n) is 4.29. The number of anilines is 1. The maximum atomic E-state index is 13.0. The largest absolute Gasteiger partial charge is 0.417 e. The third-order valence-electron chi connectivity index (χ3n) is 3.00. The van der Waals surface area contributed by atoms with Crippen LogP contribution in [0.2, 0.25) is 0 Å². The van der Waals surface area contributed by atoms with E-state index in [-0.39, 0.29) is 11.4 Å². The van der Waals surface area contributed by atoms with Gasteiger partial charge in [0.25, 0.3) is 0 Å². The number of hydrazine groups is 1. The molecule has 0 amide bonds. The molecule has 0 saturated carbocycles. The van der Waals surface area contributed by atoms with E-state index in [1.807, 2.05) is 0 Å². The molecular formula is C13H13F3N4. The number of aromatic nitrogens is 2. The van der Waals surface area contributed by atoms with Crippen molar-refractivity contribution in [3.63, 3.8) is 0 Å². The molecule has 1 heterocycles. The molecule has 0 aliphatic carbocycles. The van der Waals surface area contributed by atoms with Crippen molar-refractivity contribution >= 4 is 5.82 Å². The Bertz CT molecular complexity index is 638. The highest BCUT2D eigenvalue weighted by molar-refractivity contribution is 5.64. The molecule has 0 spiro atoms. The van der Waals surface area contributed by atoms with E-state index in [0.29, 0.717) is 17.1 Å². The topological polar surface area (TPSA) is 63.8 Å². The lowest BCUT2D eigenvalue weighted by Gasteiger charge is -2.14. The number of nitrogens with zero attached hydrogens (tertiary/aromatic N) is 2. The van der Waals surface area contributed by atoms with Crippen molar-refractivity contribution in [1.82, 2.24) is 9.97 Å². The number of halogens is 3. The van der Waals surface area contributed by atoms with E-state index in [4.69, 9.17) is 5.84 Å². The monoisotopic (exact) mass is 282 g/mol. The standard InChI is InChI=1S/C13H13F3N4/c1-7-8(2)18-12(19-11(7)20-17)9-5-3-4-6-10(9)13(14,15)16/h3-6H,17H2,1-2H3,(H,18,19,20). The summed E-state index contributed by atoms with van der Waals surface area (Å²) in [5.41, 5.74) is 2.79. The van der Waals surface area contributed by atoms with Crippen molar-refractivity contribution in [2.45, 2.75) is 20.0 Å². The predicted octanol–water partition coefficient (Wildman–Crippen LogP) is 3.06. The molecule has 4 nitrogen and oxygen atoms in total.